The molecule has 2 N–H and O–H groups in total. The Kier molecular flexibility index (Phi) is 7.21. The summed E-state index contributed by atoms with van der Waals surface area (Å²) in [5, 5.41) is 0. The first-order chi connectivity index (χ1) is 9.05. The Bertz CT molecular complexity index is 381. The zero-order chi connectivity index (χ0) is 13.9. The van der Waals surface area contributed by atoms with Crippen LogP contribution >= 0.6 is 12.4 Å². The highest BCUT2D eigenvalue weighted by Crippen LogP contribution is 2.27. The Morgan fingerprint density at radius 1 is 1.10 bits per heavy atom. The molecule has 0 saturated carbocycles. The van der Waals surface area contributed by atoms with E-state index in [0.717, 1.165) is 38.5 Å². The molecule has 0 aromatic carbocycles. The molecule has 2 rings (SSSR count). The molecular formula is C13H28ClN3O2S. The molecule has 2 aliphatic heterocycles. The molecule has 2 aliphatic rings. The van der Waals surface area contributed by atoms with E-state index in [2.05, 4.69) is 6.92 Å². The molecule has 1 atom stereocenters. The Morgan fingerprint density at radius 3 is 2.35 bits per heavy atom. The first-order valence-corrected chi connectivity index (χ1v) is 8.92. The van der Waals surface area contributed by atoms with E-state index < -0.39 is 10.2 Å². The molecular weight excluding hydrogens is 298 g/mol. The largest absolute Gasteiger partial charge is 0.330 e. The second kappa shape index (κ2) is 7.94. The maximum absolute atomic E-state index is 12.7. The second-order valence-electron chi connectivity index (χ2n) is 5.93. The average molecular weight is 326 g/mol. The maximum Gasteiger partial charge on any atom is 0.282 e. The van der Waals surface area contributed by atoms with E-state index in [1.807, 2.05) is 0 Å². The number of piperidine rings is 2. The van der Waals surface area contributed by atoms with E-state index in [9.17, 15) is 8.42 Å². The topological polar surface area (TPSA) is 66.6 Å². The SMILES string of the molecule is CC1CCN(S(=O)(=O)N2CCCCC2CCN)CC1.Cl. The van der Waals surface area contributed by atoms with Gasteiger partial charge in [-0.3, -0.25) is 0 Å². The molecule has 0 aromatic rings. The lowest BCUT2D eigenvalue weighted by molar-refractivity contribution is 0.208. The predicted octanol–water partition coefficient (Wildman–Crippen LogP) is 1.59. The van der Waals surface area contributed by atoms with Gasteiger partial charge < -0.3 is 5.73 Å². The van der Waals surface area contributed by atoms with Crippen molar-refractivity contribution in [3.8, 4) is 0 Å². The molecule has 1 unspecified atom stereocenters. The molecule has 2 saturated heterocycles. The lowest BCUT2D eigenvalue weighted by Crippen LogP contribution is -2.52. The number of nitrogens with two attached hydrogens (primary N) is 1. The van der Waals surface area contributed by atoms with Crippen LogP contribution in [-0.2, 0) is 10.2 Å². The van der Waals surface area contributed by atoms with E-state index in [4.69, 9.17) is 5.73 Å². The Hall–Kier alpha value is 0.120. The van der Waals surface area contributed by atoms with E-state index in [1.165, 1.54) is 0 Å². The molecule has 0 radical (unpaired) electrons. The van der Waals surface area contributed by atoms with Crippen LogP contribution in [0.25, 0.3) is 0 Å². The highest BCUT2D eigenvalue weighted by molar-refractivity contribution is 7.86. The average Bonchev–Trinajstić information content (AvgIpc) is 2.40. The Labute approximate surface area is 129 Å². The molecule has 5 nitrogen and oxygen atoms in total. The molecule has 7 heteroatoms. The fourth-order valence-corrected chi connectivity index (χ4v) is 5.04. The van der Waals surface area contributed by atoms with E-state index in [-0.39, 0.29) is 18.4 Å². The monoisotopic (exact) mass is 325 g/mol. The summed E-state index contributed by atoms with van der Waals surface area (Å²) in [5.41, 5.74) is 5.63. The third kappa shape index (κ3) is 4.07. The number of halogens is 1. The summed E-state index contributed by atoms with van der Waals surface area (Å²) in [6.45, 7) is 4.78. The first kappa shape index (κ1) is 18.2. The number of hydrogen-bond donors (Lipinski definition) is 1. The molecule has 120 valence electrons. The molecule has 0 amide bonds. The molecule has 0 spiro atoms. The van der Waals surface area contributed by atoms with Crippen molar-refractivity contribution in [1.29, 1.82) is 0 Å². The normalized spacial score (nSPS) is 27.2. The van der Waals surface area contributed by atoms with Gasteiger partial charge in [0.2, 0.25) is 0 Å². The zero-order valence-electron chi connectivity index (χ0n) is 12.3. The minimum absolute atomic E-state index is 0. The Morgan fingerprint density at radius 2 is 1.75 bits per heavy atom. The van der Waals surface area contributed by atoms with Gasteiger partial charge in [0.25, 0.3) is 10.2 Å². The van der Waals surface area contributed by atoms with Crippen LogP contribution in [0, 0.1) is 5.92 Å². The van der Waals surface area contributed by atoms with Crippen molar-refractivity contribution in [2.75, 3.05) is 26.2 Å². The van der Waals surface area contributed by atoms with Crippen LogP contribution in [0.1, 0.15) is 45.4 Å². The quantitative estimate of drug-likeness (QED) is 0.853. The summed E-state index contributed by atoms with van der Waals surface area (Å²) in [6.07, 6.45) is 5.80. The van der Waals surface area contributed by atoms with Crippen molar-refractivity contribution >= 4 is 22.6 Å². The lowest BCUT2D eigenvalue weighted by Gasteiger charge is -2.39. The van der Waals surface area contributed by atoms with E-state index in [1.54, 1.807) is 8.61 Å². The lowest BCUT2D eigenvalue weighted by atomic mass is 10.0. The molecule has 0 bridgehead atoms. The molecule has 20 heavy (non-hydrogen) atoms. The summed E-state index contributed by atoms with van der Waals surface area (Å²) in [5.74, 6) is 0.646. The van der Waals surface area contributed by atoms with Gasteiger partial charge in [-0.05, 0) is 44.6 Å². The van der Waals surface area contributed by atoms with Crippen molar-refractivity contribution in [3.63, 3.8) is 0 Å². The van der Waals surface area contributed by atoms with Crippen molar-refractivity contribution in [2.24, 2.45) is 11.7 Å². The molecule has 0 aromatic heterocycles. The van der Waals surface area contributed by atoms with Gasteiger partial charge in [0.1, 0.15) is 0 Å². The van der Waals surface area contributed by atoms with Gasteiger partial charge in [-0.25, -0.2) is 0 Å². The van der Waals surface area contributed by atoms with Gasteiger partial charge in [-0.2, -0.15) is 17.0 Å². The first-order valence-electron chi connectivity index (χ1n) is 7.52. The van der Waals surface area contributed by atoms with Crippen LogP contribution in [0.3, 0.4) is 0 Å². The van der Waals surface area contributed by atoms with Crippen LogP contribution in [0.5, 0.6) is 0 Å². The minimum atomic E-state index is -3.27. The van der Waals surface area contributed by atoms with Crippen molar-refractivity contribution in [2.45, 2.75) is 51.5 Å². The van der Waals surface area contributed by atoms with Crippen molar-refractivity contribution < 1.29 is 8.42 Å². The van der Waals surface area contributed by atoms with Gasteiger partial charge in [0, 0.05) is 25.7 Å². The summed E-state index contributed by atoms with van der Waals surface area (Å²) < 4.78 is 28.9. The van der Waals surface area contributed by atoms with Gasteiger partial charge >= 0.3 is 0 Å². The van der Waals surface area contributed by atoms with E-state index >= 15 is 0 Å². The van der Waals surface area contributed by atoms with Crippen molar-refractivity contribution in [1.82, 2.24) is 8.61 Å². The number of hydrogen-bond acceptors (Lipinski definition) is 3. The number of rotatable bonds is 4. The van der Waals surface area contributed by atoms with Gasteiger partial charge in [-0.1, -0.05) is 13.3 Å². The van der Waals surface area contributed by atoms with Crippen LogP contribution in [-0.4, -0.2) is 49.2 Å². The van der Waals surface area contributed by atoms with Crippen molar-refractivity contribution in [3.05, 3.63) is 0 Å². The third-order valence-electron chi connectivity index (χ3n) is 4.44. The smallest absolute Gasteiger partial charge is 0.282 e. The van der Waals surface area contributed by atoms with Gasteiger partial charge in [-0.15, -0.1) is 12.4 Å². The zero-order valence-corrected chi connectivity index (χ0v) is 14.0. The summed E-state index contributed by atoms with van der Waals surface area (Å²) in [7, 11) is -3.27. The predicted molar refractivity (Wildman–Crippen MR) is 84.2 cm³/mol. The standard InChI is InChI=1S/C13H27N3O2S.ClH/c1-12-6-10-15(11-7-12)19(17,18)16-9-3-2-4-13(16)5-8-14;/h12-13H,2-11,14H2,1H3;1H. The fourth-order valence-electron chi connectivity index (χ4n) is 3.12. The molecule has 0 aliphatic carbocycles. The van der Waals surface area contributed by atoms with Crippen LogP contribution in [0.4, 0.5) is 0 Å². The summed E-state index contributed by atoms with van der Waals surface area (Å²) in [6, 6.07) is 0.114. The molecule has 2 fully saturated rings. The van der Waals surface area contributed by atoms with Crippen LogP contribution < -0.4 is 5.73 Å². The highest BCUT2D eigenvalue weighted by atomic mass is 35.5. The fraction of sp³-hybridized carbons (Fsp3) is 1.00. The minimum Gasteiger partial charge on any atom is -0.330 e. The summed E-state index contributed by atoms with van der Waals surface area (Å²) >= 11 is 0. The Balaban J connectivity index is 0.00000200. The molecule has 2 heterocycles. The van der Waals surface area contributed by atoms with Crippen LogP contribution in [0.2, 0.25) is 0 Å². The summed E-state index contributed by atoms with van der Waals surface area (Å²) in [4.78, 5) is 0. The number of nitrogens with zero attached hydrogens (tertiary/aromatic N) is 2. The third-order valence-corrected chi connectivity index (χ3v) is 6.53. The van der Waals surface area contributed by atoms with Gasteiger partial charge in [0.05, 0.1) is 0 Å². The maximum atomic E-state index is 12.7. The highest BCUT2D eigenvalue weighted by Gasteiger charge is 2.37. The van der Waals surface area contributed by atoms with E-state index in [0.29, 0.717) is 32.1 Å². The van der Waals surface area contributed by atoms with Crippen LogP contribution in [0.15, 0.2) is 0 Å². The second-order valence-corrected chi connectivity index (χ2v) is 7.81. The van der Waals surface area contributed by atoms with Gasteiger partial charge in [0.15, 0.2) is 0 Å².